The Balaban J connectivity index is 2.16. The van der Waals surface area contributed by atoms with E-state index in [4.69, 9.17) is 0 Å². The number of Topliss-reactive ketones (excluding diaryl/α,β-unsaturated/α-hetero) is 1. The molecule has 2 aromatic carbocycles. The van der Waals surface area contributed by atoms with Gasteiger partial charge in [0.15, 0.2) is 5.78 Å². The normalized spacial score (nSPS) is 10.4. The molecule has 0 aliphatic rings. The van der Waals surface area contributed by atoms with Crippen LogP contribution in [-0.2, 0) is 6.42 Å². The van der Waals surface area contributed by atoms with Gasteiger partial charge in [-0.2, -0.15) is 0 Å². The minimum Gasteiger partial charge on any atom is -0.294 e. The number of hydrogen-bond acceptors (Lipinski definition) is 1. The van der Waals surface area contributed by atoms with Crippen molar-refractivity contribution in [1.82, 2.24) is 0 Å². The fourth-order valence-corrected chi connectivity index (χ4v) is 2.07. The molecule has 0 radical (unpaired) electrons. The zero-order valence-electron chi connectivity index (χ0n) is 9.91. The summed E-state index contributed by atoms with van der Waals surface area (Å²) in [4.78, 5) is 12.0. The van der Waals surface area contributed by atoms with Crippen molar-refractivity contribution in [1.29, 1.82) is 0 Å². The molecule has 0 bridgehead atoms. The SMILES string of the molecule is Cc1cc(C(=O)Cc2ccc(I)cc2)ccc1F. The van der Waals surface area contributed by atoms with Crippen LogP contribution in [0.4, 0.5) is 4.39 Å². The van der Waals surface area contributed by atoms with Gasteiger partial charge in [-0.1, -0.05) is 12.1 Å². The third kappa shape index (κ3) is 3.16. The Labute approximate surface area is 119 Å². The molecule has 1 nitrogen and oxygen atoms in total. The summed E-state index contributed by atoms with van der Waals surface area (Å²) in [5.74, 6) is -0.264. The fourth-order valence-electron chi connectivity index (χ4n) is 1.71. The Morgan fingerprint density at radius 1 is 1.17 bits per heavy atom. The van der Waals surface area contributed by atoms with Crippen LogP contribution in [0.1, 0.15) is 21.5 Å². The summed E-state index contributed by atoms with van der Waals surface area (Å²) in [6.45, 7) is 1.66. The summed E-state index contributed by atoms with van der Waals surface area (Å²) in [5, 5.41) is 0. The molecule has 2 rings (SSSR count). The number of ketones is 1. The molecule has 0 amide bonds. The van der Waals surface area contributed by atoms with Crippen LogP contribution in [0.25, 0.3) is 0 Å². The molecule has 18 heavy (non-hydrogen) atoms. The van der Waals surface area contributed by atoms with E-state index in [0.29, 0.717) is 17.5 Å². The lowest BCUT2D eigenvalue weighted by Gasteiger charge is -2.04. The van der Waals surface area contributed by atoms with Crippen molar-refractivity contribution in [2.24, 2.45) is 0 Å². The molecular weight excluding hydrogens is 342 g/mol. The monoisotopic (exact) mass is 354 g/mol. The standard InChI is InChI=1S/C15H12FIO/c1-10-8-12(4-7-14(10)16)15(18)9-11-2-5-13(17)6-3-11/h2-8H,9H2,1H3. The van der Waals surface area contributed by atoms with Crippen LogP contribution in [-0.4, -0.2) is 5.78 Å². The molecule has 0 saturated carbocycles. The molecule has 0 N–H and O–H groups in total. The van der Waals surface area contributed by atoms with Gasteiger partial charge < -0.3 is 0 Å². The predicted octanol–water partition coefficient (Wildman–Crippen LogP) is 4.16. The van der Waals surface area contributed by atoms with Crippen molar-refractivity contribution in [2.45, 2.75) is 13.3 Å². The topological polar surface area (TPSA) is 17.1 Å². The van der Waals surface area contributed by atoms with Crippen molar-refractivity contribution >= 4 is 28.4 Å². The molecule has 0 aliphatic carbocycles. The number of aryl methyl sites for hydroxylation is 1. The predicted molar refractivity (Wildman–Crippen MR) is 78.3 cm³/mol. The molecule has 0 saturated heterocycles. The minimum absolute atomic E-state index is 0.0132. The molecule has 0 aliphatic heterocycles. The highest BCUT2D eigenvalue weighted by Gasteiger charge is 2.08. The van der Waals surface area contributed by atoms with Gasteiger partial charge in [-0.05, 0) is 71.0 Å². The van der Waals surface area contributed by atoms with Crippen molar-refractivity contribution in [3.05, 3.63) is 68.5 Å². The van der Waals surface area contributed by atoms with E-state index < -0.39 is 0 Å². The lowest BCUT2D eigenvalue weighted by atomic mass is 10.0. The highest BCUT2D eigenvalue weighted by atomic mass is 127. The zero-order valence-corrected chi connectivity index (χ0v) is 12.1. The number of carbonyl (C=O) groups excluding carboxylic acids is 1. The first-order chi connectivity index (χ1) is 8.56. The Morgan fingerprint density at radius 2 is 1.83 bits per heavy atom. The number of hydrogen-bond donors (Lipinski definition) is 0. The Kier molecular flexibility index (Phi) is 4.11. The van der Waals surface area contributed by atoms with Gasteiger partial charge in [0, 0.05) is 15.6 Å². The van der Waals surface area contributed by atoms with Crippen LogP contribution in [0.3, 0.4) is 0 Å². The summed E-state index contributed by atoms with van der Waals surface area (Å²) in [7, 11) is 0. The molecule has 2 aromatic rings. The summed E-state index contributed by atoms with van der Waals surface area (Å²) < 4.78 is 14.3. The van der Waals surface area contributed by atoms with E-state index in [-0.39, 0.29) is 11.6 Å². The van der Waals surface area contributed by atoms with E-state index in [0.717, 1.165) is 9.13 Å². The van der Waals surface area contributed by atoms with Crippen LogP contribution < -0.4 is 0 Å². The lowest BCUT2D eigenvalue weighted by Crippen LogP contribution is -2.04. The Bertz CT molecular complexity index is 576. The quantitative estimate of drug-likeness (QED) is 0.598. The molecule has 0 fully saturated rings. The van der Waals surface area contributed by atoms with Crippen molar-refractivity contribution < 1.29 is 9.18 Å². The van der Waals surface area contributed by atoms with Gasteiger partial charge in [0.05, 0.1) is 0 Å². The van der Waals surface area contributed by atoms with Crippen LogP contribution in [0.2, 0.25) is 0 Å². The fraction of sp³-hybridized carbons (Fsp3) is 0.133. The largest absolute Gasteiger partial charge is 0.294 e. The molecule has 0 atom stereocenters. The number of benzene rings is 2. The van der Waals surface area contributed by atoms with Gasteiger partial charge in [0.2, 0.25) is 0 Å². The molecular formula is C15H12FIO. The van der Waals surface area contributed by atoms with E-state index in [1.54, 1.807) is 13.0 Å². The van der Waals surface area contributed by atoms with Gasteiger partial charge in [0.25, 0.3) is 0 Å². The maximum absolute atomic E-state index is 13.1. The van der Waals surface area contributed by atoms with E-state index in [9.17, 15) is 9.18 Å². The molecule has 0 unspecified atom stereocenters. The number of rotatable bonds is 3. The second-order valence-electron chi connectivity index (χ2n) is 4.19. The second kappa shape index (κ2) is 5.61. The third-order valence-corrected chi connectivity index (χ3v) is 3.48. The van der Waals surface area contributed by atoms with Crippen LogP contribution in [0.15, 0.2) is 42.5 Å². The first-order valence-corrected chi connectivity index (χ1v) is 6.68. The summed E-state index contributed by atoms with van der Waals surface area (Å²) in [6.07, 6.45) is 0.349. The second-order valence-corrected chi connectivity index (χ2v) is 5.44. The highest BCUT2D eigenvalue weighted by Crippen LogP contribution is 2.13. The number of halogens is 2. The van der Waals surface area contributed by atoms with E-state index in [1.807, 2.05) is 24.3 Å². The maximum Gasteiger partial charge on any atom is 0.167 e. The van der Waals surface area contributed by atoms with Crippen molar-refractivity contribution in [2.75, 3.05) is 0 Å². The first kappa shape index (κ1) is 13.2. The van der Waals surface area contributed by atoms with E-state index >= 15 is 0 Å². The maximum atomic E-state index is 13.1. The molecule has 0 spiro atoms. The average molecular weight is 354 g/mol. The van der Waals surface area contributed by atoms with Crippen LogP contribution in [0, 0.1) is 16.3 Å². The van der Waals surface area contributed by atoms with Crippen LogP contribution >= 0.6 is 22.6 Å². The first-order valence-electron chi connectivity index (χ1n) is 5.60. The van der Waals surface area contributed by atoms with Gasteiger partial charge >= 0.3 is 0 Å². The number of carbonyl (C=O) groups is 1. The van der Waals surface area contributed by atoms with Gasteiger partial charge in [-0.3, -0.25) is 4.79 Å². The minimum atomic E-state index is -0.277. The summed E-state index contributed by atoms with van der Waals surface area (Å²) in [5.41, 5.74) is 2.04. The van der Waals surface area contributed by atoms with Gasteiger partial charge in [0.1, 0.15) is 5.82 Å². The summed E-state index contributed by atoms with van der Waals surface area (Å²) >= 11 is 2.22. The zero-order chi connectivity index (χ0) is 13.1. The Hall–Kier alpha value is -1.23. The van der Waals surface area contributed by atoms with Crippen molar-refractivity contribution in [3.63, 3.8) is 0 Å². The van der Waals surface area contributed by atoms with Crippen molar-refractivity contribution in [3.8, 4) is 0 Å². The average Bonchev–Trinajstić information content (AvgIpc) is 2.35. The highest BCUT2D eigenvalue weighted by molar-refractivity contribution is 14.1. The molecule has 92 valence electrons. The third-order valence-electron chi connectivity index (χ3n) is 2.76. The van der Waals surface area contributed by atoms with Gasteiger partial charge in [-0.25, -0.2) is 4.39 Å². The van der Waals surface area contributed by atoms with Gasteiger partial charge in [-0.15, -0.1) is 0 Å². The van der Waals surface area contributed by atoms with E-state index in [1.165, 1.54) is 12.1 Å². The smallest absolute Gasteiger partial charge is 0.167 e. The van der Waals surface area contributed by atoms with E-state index in [2.05, 4.69) is 22.6 Å². The molecule has 0 heterocycles. The molecule has 0 aromatic heterocycles. The Morgan fingerprint density at radius 3 is 2.44 bits per heavy atom. The summed E-state index contributed by atoms with van der Waals surface area (Å²) in [6, 6.07) is 12.3. The van der Waals surface area contributed by atoms with Crippen LogP contribution in [0.5, 0.6) is 0 Å². The lowest BCUT2D eigenvalue weighted by molar-refractivity contribution is 0.0993. The molecule has 3 heteroatoms.